The molecule has 0 saturated heterocycles. The van der Waals surface area contributed by atoms with Crippen molar-refractivity contribution in [1.82, 2.24) is 10.0 Å². The first-order chi connectivity index (χ1) is 14.5. The third-order valence-electron chi connectivity index (χ3n) is 4.59. The predicted molar refractivity (Wildman–Crippen MR) is 108 cm³/mol. The minimum atomic E-state index is -3.99. The number of carboxylic acid groups (broad SMARTS) is 2. The van der Waals surface area contributed by atoms with Crippen molar-refractivity contribution in [2.75, 3.05) is 6.54 Å². The molecule has 11 nitrogen and oxygen atoms in total. The molecule has 1 rings (SSSR count). The van der Waals surface area contributed by atoms with Crippen molar-refractivity contribution in [1.29, 1.82) is 0 Å². The number of rotatable bonds is 14. The summed E-state index contributed by atoms with van der Waals surface area (Å²) < 4.78 is 26.9. The largest absolute Gasteiger partial charge is 0.507 e. The summed E-state index contributed by atoms with van der Waals surface area (Å²) >= 11 is 0. The van der Waals surface area contributed by atoms with Crippen LogP contribution < -0.4 is 10.0 Å². The summed E-state index contributed by atoms with van der Waals surface area (Å²) in [6.07, 6.45) is 1.76. The minimum Gasteiger partial charge on any atom is -0.507 e. The van der Waals surface area contributed by atoms with Gasteiger partial charge >= 0.3 is 11.9 Å². The first-order valence-electron chi connectivity index (χ1n) is 9.56. The fourth-order valence-electron chi connectivity index (χ4n) is 2.79. The highest BCUT2D eigenvalue weighted by molar-refractivity contribution is 7.89. The molecule has 172 valence electrons. The van der Waals surface area contributed by atoms with Gasteiger partial charge < -0.3 is 25.4 Å². The average Bonchev–Trinajstić information content (AvgIpc) is 2.70. The van der Waals surface area contributed by atoms with E-state index in [0.717, 1.165) is 18.2 Å². The Labute approximate surface area is 179 Å². The van der Waals surface area contributed by atoms with E-state index in [9.17, 15) is 32.7 Å². The first kappa shape index (κ1) is 26.0. The van der Waals surface area contributed by atoms with Crippen LogP contribution in [0.1, 0.15) is 49.4 Å². The average molecular weight is 458 g/mol. The maximum absolute atomic E-state index is 12.3. The van der Waals surface area contributed by atoms with Gasteiger partial charge in [0, 0.05) is 18.9 Å². The number of aldehydes is 1. The van der Waals surface area contributed by atoms with Crippen LogP contribution in [0.25, 0.3) is 0 Å². The lowest BCUT2D eigenvalue weighted by molar-refractivity contribution is -0.143. The van der Waals surface area contributed by atoms with Gasteiger partial charge in [0.15, 0.2) is 0 Å². The number of sulfonamides is 1. The molecular weight excluding hydrogens is 432 g/mol. The predicted octanol–water partition coefficient (Wildman–Crippen LogP) is 0.724. The molecule has 12 heteroatoms. The number of aromatic carboxylic acids is 1. The van der Waals surface area contributed by atoms with Crippen LogP contribution in [0, 0.1) is 5.92 Å². The van der Waals surface area contributed by atoms with Gasteiger partial charge in [0.2, 0.25) is 15.9 Å². The number of hydrogen-bond donors (Lipinski definition) is 5. The summed E-state index contributed by atoms with van der Waals surface area (Å²) in [7, 11) is -3.99. The zero-order chi connectivity index (χ0) is 23.6. The molecule has 2 atom stereocenters. The van der Waals surface area contributed by atoms with E-state index in [0.29, 0.717) is 32.0 Å². The van der Waals surface area contributed by atoms with E-state index in [4.69, 9.17) is 10.2 Å². The lowest BCUT2D eigenvalue weighted by Crippen LogP contribution is -2.43. The Morgan fingerprint density at radius 3 is 2.39 bits per heavy atom. The molecule has 0 heterocycles. The third-order valence-corrected chi connectivity index (χ3v) is 6.05. The van der Waals surface area contributed by atoms with E-state index < -0.39 is 51.1 Å². The fraction of sp³-hybridized carbons (Fsp3) is 0.474. The molecule has 1 aromatic rings. The SMILES string of the molecule is CCC(CCCCNS(=O)(=O)c1ccc(O)c(C(=O)O)c1)C(=O)N[C@@H](CC=O)C(=O)O. The van der Waals surface area contributed by atoms with E-state index in [2.05, 4.69) is 10.0 Å². The van der Waals surface area contributed by atoms with Gasteiger partial charge in [-0.05, 0) is 37.5 Å². The van der Waals surface area contributed by atoms with Crippen molar-refractivity contribution < 1.29 is 42.9 Å². The topological polar surface area (TPSA) is 187 Å². The van der Waals surface area contributed by atoms with E-state index >= 15 is 0 Å². The maximum atomic E-state index is 12.3. The zero-order valence-corrected chi connectivity index (χ0v) is 17.7. The molecule has 0 radical (unpaired) electrons. The molecule has 0 saturated carbocycles. The van der Waals surface area contributed by atoms with E-state index in [-0.39, 0.29) is 17.9 Å². The molecule has 0 fully saturated rings. The lowest BCUT2D eigenvalue weighted by atomic mass is 9.97. The number of carboxylic acids is 2. The summed E-state index contributed by atoms with van der Waals surface area (Å²) in [6, 6.07) is 1.64. The number of aromatic hydroxyl groups is 1. The summed E-state index contributed by atoms with van der Waals surface area (Å²) in [6.45, 7) is 1.79. The van der Waals surface area contributed by atoms with Crippen molar-refractivity contribution in [3.8, 4) is 5.75 Å². The quantitative estimate of drug-likeness (QED) is 0.198. The Bertz CT molecular complexity index is 915. The Morgan fingerprint density at radius 1 is 1.16 bits per heavy atom. The molecule has 0 aliphatic rings. The van der Waals surface area contributed by atoms with Crippen LogP contribution in [0.2, 0.25) is 0 Å². The van der Waals surface area contributed by atoms with Gasteiger partial charge in [-0.1, -0.05) is 13.3 Å². The first-order valence-corrected chi connectivity index (χ1v) is 11.0. The summed E-state index contributed by atoms with van der Waals surface area (Å²) in [5, 5.41) is 29.8. The van der Waals surface area contributed by atoms with Crippen molar-refractivity contribution >= 4 is 34.2 Å². The maximum Gasteiger partial charge on any atom is 0.339 e. The molecular formula is C19H26N2O9S. The number of carbonyl (C=O) groups excluding carboxylic acids is 2. The number of amides is 1. The minimum absolute atomic E-state index is 0.0343. The van der Waals surface area contributed by atoms with Crippen LogP contribution in [0.5, 0.6) is 5.75 Å². The van der Waals surface area contributed by atoms with Gasteiger partial charge in [-0.2, -0.15) is 0 Å². The highest BCUT2D eigenvalue weighted by Crippen LogP contribution is 2.21. The van der Waals surface area contributed by atoms with E-state index in [1.165, 1.54) is 0 Å². The number of phenols is 1. The molecule has 0 aliphatic heterocycles. The summed E-state index contributed by atoms with van der Waals surface area (Å²) in [5.41, 5.74) is -0.533. The number of aliphatic carboxylic acids is 1. The number of carbonyl (C=O) groups is 4. The Balaban J connectivity index is 2.57. The van der Waals surface area contributed by atoms with Crippen LogP contribution in [-0.4, -0.2) is 60.5 Å². The van der Waals surface area contributed by atoms with Gasteiger partial charge in [0.05, 0.1) is 4.90 Å². The summed E-state index contributed by atoms with van der Waals surface area (Å²) in [5.74, 6) is -4.28. The fourth-order valence-corrected chi connectivity index (χ4v) is 3.89. The van der Waals surface area contributed by atoms with Crippen LogP contribution in [0.3, 0.4) is 0 Å². The van der Waals surface area contributed by atoms with Gasteiger partial charge in [-0.25, -0.2) is 22.7 Å². The van der Waals surface area contributed by atoms with E-state index in [1.54, 1.807) is 6.92 Å². The van der Waals surface area contributed by atoms with Crippen LogP contribution in [0.4, 0.5) is 0 Å². The number of unbranched alkanes of at least 4 members (excludes halogenated alkanes) is 1. The van der Waals surface area contributed by atoms with Crippen molar-refractivity contribution in [3.05, 3.63) is 23.8 Å². The summed E-state index contributed by atoms with van der Waals surface area (Å²) in [4.78, 5) is 44.5. The highest BCUT2D eigenvalue weighted by atomic mass is 32.2. The molecule has 5 N–H and O–H groups in total. The van der Waals surface area contributed by atoms with Crippen LogP contribution >= 0.6 is 0 Å². The standard InChI is InChI=1S/C19H26N2O9S/c1-2-12(17(24)21-15(8-10-22)19(27)28)5-3-4-9-20-31(29,30)13-6-7-16(23)14(11-13)18(25)26/h6-7,10-12,15,20,23H,2-5,8-9H2,1H3,(H,21,24)(H,25,26)(H,27,28)/t12?,15-/m0/s1. The van der Waals surface area contributed by atoms with Crippen LogP contribution in [-0.2, 0) is 24.4 Å². The molecule has 0 spiro atoms. The van der Waals surface area contributed by atoms with Gasteiger partial charge in [0.1, 0.15) is 23.6 Å². The third kappa shape index (κ3) is 7.98. The van der Waals surface area contributed by atoms with Gasteiger partial charge in [-0.3, -0.25) is 4.79 Å². The van der Waals surface area contributed by atoms with E-state index in [1.807, 2.05) is 0 Å². The molecule has 0 aliphatic carbocycles. The second-order valence-corrected chi connectivity index (χ2v) is 8.55. The second kappa shape index (κ2) is 12.0. The van der Waals surface area contributed by atoms with Gasteiger partial charge in [0.25, 0.3) is 0 Å². The number of hydrogen-bond acceptors (Lipinski definition) is 7. The lowest BCUT2D eigenvalue weighted by Gasteiger charge is -2.18. The molecule has 1 unspecified atom stereocenters. The normalized spacial score (nSPS) is 13.2. The van der Waals surface area contributed by atoms with Crippen molar-refractivity contribution in [3.63, 3.8) is 0 Å². The van der Waals surface area contributed by atoms with Gasteiger partial charge in [-0.15, -0.1) is 0 Å². The monoisotopic (exact) mass is 458 g/mol. The Kier molecular flexibility index (Phi) is 10.1. The molecule has 1 aromatic carbocycles. The Morgan fingerprint density at radius 2 is 1.84 bits per heavy atom. The molecule has 0 bridgehead atoms. The Hall–Kier alpha value is -2.99. The van der Waals surface area contributed by atoms with Crippen molar-refractivity contribution in [2.24, 2.45) is 5.92 Å². The molecule has 31 heavy (non-hydrogen) atoms. The second-order valence-electron chi connectivity index (χ2n) is 6.78. The molecule has 0 aromatic heterocycles. The zero-order valence-electron chi connectivity index (χ0n) is 16.9. The van der Waals surface area contributed by atoms with Crippen LogP contribution in [0.15, 0.2) is 23.1 Å². The highest BCUT2D eigenvalue weighted by Gasteiger charge is 2.24. The molecule has 1 amide bonds. The number of nitrogens with one attached hydrogen (secondary N) is 2. The van der Waals surface area contributed by atoms with Crippen molar-refractivity contribution in [2.45, 2.75) is 50.0 Å². The smallest absolute Gasteiger partial charge is 0.339 e. The number of benzene rings is 1.